The van der Waals surface area contributed by atoms with Crippen molar-refractivity contribution in [3.05, 3.63) is 58.6 Å². The van der Waals surface area contributed by atoms with Crippen molar-refractivity contribution in [2.75, 3.05) is 20.3 Å². The third-order valence-electron chi connectivity index (χ3n) is 5.13. The number of aryl methyl sites for hydroxylation is 2. The van der Waals surface area contributed by atoms with E-state index in [9.17, 15) is 14.7 Å². The topological polar surface area (TPSA) is 89.2 Å². The summed E-state index contributed by atoms with van der Waals surface area (Å²) in [5.74, 6) is -0.578. The molecule has 2 aromatic rings. The van der Waals surface area contributed by atoms with Gasteiger partial charge in [0, 0.05) is 12.1 Å². The van der Waals surface area contributed by atoms with Crippen molar-refractivity contribution >= 4 is 17.4 Å². The fraction of sp³-hybridized carbons (Fsp3) is 0.391. The van der Waals surface area contributed by atoms with Crippen LogP contribution in [-0.2, 0) is 14.3 Å². The molecule has 1 aliphatic rings. The zero-order valence-electron chi connectivity index (χ0n) is 17.9. The number of carbonyl (C=O) groups excluding carboxylic acids is 2. The smallest absolute Gasteiger partial charge is 0.295 e. The van der Waals surface area contributed by atoms with Crippen molar-refractivity contribution in [1.82, 2.24) is 4.90 Å². The van der Waals surface area contributed by atoms with Gasteiger partial charge >= 0.3 is 0 Å². The van der Waals surface area contributed by atoms with Crippen LogP contribution < -0.4 is 4.74 Å². The molecule has 0 saturated carbocycles. The number of benzene rings is 1. The molecule has 1 N–H and O–H groups in total. The molecule has 1 atom stereocenters. The van der Waals surface area contributed by atoms with Crippen LogP contribution in [-0.4, -0.2) is 48.1 Å². The van der Waals surface area contributed by atoms with Gasteiger partial charge in [0.1, 0.15) is 23.3 Å². The molecule has 0 spiro atoms. The predicted molar refractivity (Wildman–Crippen MR) is 111 cm³/mol. The maximum absolute atomic E-state index is 12.9. The van der Waals surface area contributed by atoms with Crippen LogP contribution in [0.25, 0.3) is 5.76 Å². The lowest BCUT2D eigenvalue weighted by atomic mass is 9.95. The van der Waals surface area contributed by atoms with Gasteiger partial charge in [0.05, 0.1) is 31.7 Å². The molecule has 1 aliphatic heterocycles. The molecule has 160 valence electrons. The van der Waals surface area contributed by atoms with Crippen LogP contribution in [0, 0.1) is 13.8 Å². The lowest BCUT2D eigenvalue weighted by Crippen LogP contribution is -2.33. The molecule has 7 heteroatoms. The lowest BCUT2D eigenvalue weighted by molar-refractivity contribution is -0.140. The van der Waals surface area contributed by atoms with Crippen molar-refractivity contribution in [1.29, 1.82) is 0 Å². The van der Waals surface area contributed by atoms with Crippen molar-refractivity contribution < 1.29 is 28.6 Å². The number of methoxy groups -OCH3 is 1. The van der Waals surface area contributed by atoms with Gasteiger partial charge in [-0.2, -0.15) is 0 Å². The van der Waals surface area contributed by atoms with Gasteiger partial charge < -0.3 is 23.9 Å². The molecule has 2 heterocycles. The zero-order chi connectivity index (χ0) is 22.0. The van der Waals surface area contributed by atoms with E-state index < -0.39 is 17.7 Å². The van der Waals surface area contributed by atoms with Crippen LogP contribution in [0.5, 0.6) is 5.75 Å². The van der Waals surface area contributed by atoms with E-state index in [-0.39, 0.29) is 30.6 Å². The molecule has 1 unspecified atom stereocenters. The summed E-state index contributed by atoms with van der Waals surface area (Å²) in [7, 11) is 1.57. The third-order valence-corrected chi connectivity index (χ3v) is 5.13. The molecule has 30 heavy (non-hydrogen) atoms. The predicted octanol–water partition coefficient (Wildman–Crippen LogP) is 3.75. The van der Waals surface area contributed by atoms with Gasteiger partial charge in [-0.1, -0.05) is 0 Å². The summed E-state index contributed by atoms with van der Waals surface area (Å²) < 4.78 is 16.4. The highest BCUT2D eigenvalue weighted by atomic mass is 16.5. The Balaban J connectivity index is 2.10. The maximum Gasteiger partial charge on any atom is 0.295 e. The van der Waals surface area contributed by atoms with Gasteiger partial charge in [0.2, 0.25) is 0 Å². The molecule has 0 aliphatic carbocycles. The largest absolute Gasteiger partial charge is 0.507 e. The molecule has 1 aromatic carbocycles. The second kappa shape index (κ2) is 8.75. The number of ketones is 1. The number of carbonyl (C=O) groups is 2. The number of likely N-dealkylation sites (tertiary alicyclic amines) is 1. The van der Waals surface area contributed by atoms with Crippen molar-refractivity contribution in [2.24, 2.45) is 0 Å². The quantitative estimate of drug-likeness (QED) is 0.422. The summed E-state index contributed by atoms with van der Waals surface area (Å²) in [4.78, 5) is 27.1. The number of nitrogens with zero attached hydrogens (tertiary/aromatic N) is 1. The Labute approximate surface area is 175 Å². The molecule has 1 saturated heterocycles. The number of rotatable bonds is 7. The van der Waals surface area contributed by atoms with Crippen LogP contribution in [0.15, 0.2) is 40.5 Å². The van der Waals surface area contributed by atoms with Gasteiger partial charge in [-0.15, -0.1) is 0 Å². The van der Waals surface area contributed by atoms with E-state index in [1.54, 1.807) is 31.4 Å². The third kappa shape index (κ3) is 3.98. The van der Waals surface area contributed by atoms with E-state index in [1.807, 2.05) is 27.7 Å². The van der Waals surface area contributed by atoms with E-state index in [0.29, 0.717) is 17.1 Å². The van der Waals surface area contributed by atoms with Gasteiger partial charge in [0.15, 0.2) is 0 Å². The summed E-state index contributed by atoms with van der Waals surface area (Å²) >= 11 is 0. The molecular weight excluding hydrogens is 386 g/mol. The summed E-state index contributed by atoms with van der Waals surface area (Å²) in [5.41, 5.74) is 2.01. The fourth-order valence-corrected chi connectivity index (χ4v) is 3.65. The van der Waals surface area contributed by atoms with E-state index in [1.165, 1.54) is 11.2 Å². The monoisotopic (exact) mass is 413 g/mol. The average molecular weight is 413 g/mol. The molecule has 7 nitrogen and oxygen atoms in total. The van der Waals surface area contributed by atoms with Crippen molar-refractivity contribution in [2.45, 2.75) is 39.8 Å². The summed E-state index contributed by atoms with van der Waals surface area (Å²) in [6.45, 7) is 7.92. The molecule has 3 rings (SSSR count). The average Bonchev–Trinajstić information content (AvgIpc) is 3.31. The second-order valence-corrected chi connectivity index (χ2v) is 7.56. The molecule has 1 fully saturated rings. The Kier molecular flexibility index (Phi) is 6.31. The first-order chi connectivity index (χ1) is 14.3. The van der Waals surface area contributed by atoms with Crippen LogP contribution in [0.2, 0.25) is 0 Å². The minimum Gasteiger partial charge on any atom is -0.507 e. The maximum atomic E-state index is 12.9. The number of aliphatic hydroxyl groups is 1. The Bertz CT molecular complexity index is 974. The number of amides is 1. The van der Waals surface area contributed by atoms with Gasteiger partial charge in [-0.05, 0) is 63.1 Å². The minimum atomic E-state index is -0.822. The number of hydrogen-bond acceptors (Lipinski definition) is 6. The molecule has 0 bridgehead atoms. The highest BCUT2D eigenvalue weighted by molar-refractivity contribution is 6.46. The highest BCUT2D eigenvalue weighted by Crippen LogP contribution is 2.40. The van der Waals surface area contributed by atoms with Gasteiger partial charge in [-0.25, -0.2) is 0 Å². The SMILES string of the molecule is COc1cc(C)c(/C(O)=C2/C(=O)C(=O)N(CCOC(C)C)C2c2ccco2)cc1C. The van der Waals surface area contributed by atoms with Crippen LogP contribution in [0.4, 0.5) is 0 Å². The molecule has 1 aromatic heterocycles. The Hall–Kier alpha value is -3.06. The van der Waals surface area contributed by atoms with Gasteiger partial charge in [0.25, 0.3) is 11.7 Å². The summed E-state index contributed by atoms with van der Waals surface area (Å²) in [6.07, 6.45) is 1.47. The summed E-state index contributed by atoms with van der Waals surface area (Å²) in [6, 6.07) is 6.09. The zero-order valence-corrected chi connectivity index (χ0v) is 17.9. The first kappa shape index (κ1) is 21.6. The van der Waals surface area contributed by atoms with Crippen molar-refractivity contribution in [3.63, 3.8) is 0 Å². The second-order valence-electron chi connectivity index (χ2n) is 7.56. The van der Waals surface area contributed by atoms with E-state index in [4.69, 9.17) is 13.9 Å². The Morgan fingerprint density at radius 3 is 2.57 bits per heavy atom. The van der Waals surface area contributed by atoms with Gasteiger partial charge in [-0.3, -0.25) is 9.59 Å². The number of Topliss-reactive ketones (excluding diaryl/α,β-unsaturated/α-hetero) is 1. The molecular formula is C23H27NO6. The standard InChI is InChI=1S/C23H27NO6/c1-13(2)29-10-8-24-20(17-7-6-9-30-17)19(22(26)23(24)27)21(25)16-11-15(4)18(28-5)12-14(16)3/h6-7,9,11-13,20,25H,8,10H2,1-5H3/b21-19-. The molecule has 0 radical (unpaired) electrons. The number of ether oxygens (including phenoxy) is 2. The Morgan fingerprint density at radius 2 is 1.97 bits per heavy atom. The Morgan fingerprint density at radius 1 is 1.23 bits per heavy atom. The van der Waals surface area contributed by atoms with Crippen molar-refractivity contribution in [3.8, 4) is 5.75 Å². The first-order valence-corrected chi connectivity index (χ1v) is 9.85. The lowest BCUT2D eigenvalue weighted by Gasteiger charge is -2.23. The number of furan rings is 1. The van der Waals surface area contributed by atoms with Crippen LogP contribution in [0.1, 0.15) is 42.3 Å². The highest BCUT2D eigenvalue weighted by Gasteiger charge is 2.47. The first-order valence-electron chi connectivity index (χ1n) is 9.85. The minimum absolute atomic E-state index is 0.00573. The van der Waals surface area contributed by atoms with Crippen LogP contribution >= 0.6 is 0 Å². The molecule has 1 amide bonds. The summed E-state index contributed by atoms with van der Waals surface area (Å²) in [5, 5.41) is 11.1. The van der Waals surface area contributed by atoms with E-state index in [2.05, 4.69) is 0 Å². The van der Waals surface area contributed by atoms with E-state index in [0.717, 1.165) is 11.1 Å². The number of aliphatic hydroxyl groups excluding tert-OH is 1. The number of hydrogen-bond donors (Lipinski definition) is 1. The fourth-order valence-electron chi connectivity index (χ4n) is 3.65. The normalized spacial score (nSPS) is 18.5. The van der Waals surface area contributed by atoms with E-state index >= 15 is 0 Å². The van der Waals surface area contributed by atoms with Crippen LogP contribution in [0.3, 0.4) is 0 Å².